The van der Waals surface area contributed by atoms with E-state index in [-0.39, 0.29) is 11.9 Å². The molecular formula is C10H21NO2. The Bertz CT molecular complexity index is 157. The third kappa shape index (κ3) is 4.88. The van der Waals surface area contributed by atoms with Gasteiger partial charge < -0.3 is 10.5 Å². The van der Waals surface area contributed by atoms with Crippen molar-refractivity contribution >= 4 is 5.97 Å². The van der Waals surface area contributed by atoms with Crippen molar-refractivity contribution in [2.45, 2.75) is 40.2 Å². The highest BCUT2D eigenvalue weighted by atomic mass is 16.5. The summed E-state index contributed by atoms with van der Waals surface area (Å²) in [6.07, 6.45) is 0.901. The molecule has 0 fully saturated rings. The molecule has 1 unspecified atom stereocenters. The van der Waals surface area contributed by atoms with Gasteiger partial charge in [-0.25, -0.2) is 0 Å². The summed E-state index contributed by atoms with van der Waals surface area (Å²) < 4.78 is 5.02. The van der Waals surface area contributed by atoms with Crippen molar-refractivity contribution in [1.29, 1.82) is 0 Å². The molecule has 2 N–H and O–H groups in total. The molecule has 0 aliphatic rings. The first kappa shape index (κ1) is 12.4. The molecule has 0 saturated heterocycles. The summed E-state index contributed by atoms with van der Waals surface area (Å²) in [4.78, 5) is 11.3. The van der Waals surface area contributed by atoms with Crippen molar-refractivity contribution in [3.05, 3.63) is 0 Å². The number of hydrogen-bond acceptors (Lipinski definition) is 3. The van der Waals surface area contributed by atoms with Crippen LogP contribution in [0.5, 0.6) is 0 Å². The quantitative estimate of drug-likeness (QED) is 0.664. The molecule has 0 radical (unpaired) electrons. The van der Waals surface area contributed by atoms with Crippen molar-refractivity contribution in [1.82, 2.24) is 0 Å². The van der Waals surface area contributed by atoms with E-state index in [0.29, 0.717) is 12.5 Å². The first-order valence-corrected chi connectivity index (χ1v) is 4.91. The number of carbonyl (C=O) groups is 1. The average molecular weight is 187 g/mol. The number of rotatable bonds is 5. The number of hydrogen-bond donors (Lipinski definition) is 1. The van der Waals surface area contributed by atoms with Crippen LogP contribution in [0.1, 0.15) is 34.1 Å². The third-order valence-electron chi connectivity index (χ3n) is 2.09. The molecule has 13 heavy (non-hydrogen) atoms. The van der Waals surface area contributed by atoms with E-state index < -0.39 is 6.04 Å². The maximum absolute atomic E-state index is 11.3. The van der Waals surface area contributed by atoms with E-state index in [0.717, 1.165) is 6.42 Å². The van der Waals surface area contributed by atoms with E-state index in [4.69, 9.17) is 10.5 Å². The summed E-state index contributed by atoms with van der Waals surface area (Å²) in [7, 11) is 0. The zero-order chi connectivity index (χ0) is 10.4. The van der Waals surface area contributed by atoms with Gasteiger partial charge in [-0.3, -0.25) is 4.79 Å². The van der Waals surface area contributed by atoms with E-state index in [2.05, 4.69) is 0 Å². The second-order valence-corrected chi connectivity index (χ2v) is 3.94. The van der Waals surface area contributed by atoms with Gasteiger partial charge in [0.15, 0.2) is 0 Å². The molecule has 2 atom stereocenters. The van der Waals surface area contributed by atoms with Crippen molar-refractivity contribution in [2.75, 3.05) is 6.61 Å². The predicted molar refractivity (Wildman–Crippen MR) is 53.2 cm³/mol. The Balaban J connectivity index is 3.82. The van der Waals surface area contributed by atoms with Gasteiger partial charge in [0.1, 0.15) is 6.04 Å². The smallest absolute Gasteiger partial charge is 0.323 e. The fraction of sp³-hybridized carbons (Fsp3) is 0.900. The van der Waals surface area contributed by atoms with E-state index >= 15 is 0 Å². The minimum Gasteiger partial charge on any atom is -0.464 e. The van der Waals surface area contributed by atoms with Gasteiger partial charge in [0.05, 0.1) is 6.61 Å². The van der Waals surface area contributed by atoms with Gasteiger partial charge in [0.25, 0.3) is 0 Å². The zero-order valence-electron chi connectivity index (χ0n) is 9.04. The van der Waals surface area contributed by atoms with Crippen LogP contribution in [0.15, 0.2) is 0 Å². The third-order valence-corrected chi connectivity index (χ3v) is 2.09. The van der Waals surface area contributed by atoms with Crippen LogP contribution < -0.4 is 5.73 Å². The molecule has 3 nitrogen and oxygen atoms in total. The minimum absolute atomic E-state index is 0.194. The first-order valence-electron chi connectivity index (χ1n) is 4.91. The molecular weight excluding hydrogens is 166 g/mol. The maximum Gasteiger partial charge on any atom is 0.323 e. The second kappa shape index (κ2) is 5.97. The molecule has 0 saturated carbocycles. The lowest BCUT2D eigenvalue weighted by atomic mass is 10.0. The van der Waals surface area contributed by atoms with Gasteiger partial charge in [0.2, 0.25) is 0 Å². The van der Waals surface area contributed by atoms with Crippen molar-refractivity contribution < 1.29 is 9.53 Å². The highest BCUT2D eigenvalue weighted by Gasteiger charge is 2.20. The van der Waals surface area contributed by atoms with Crippen molar-refractivity contribution in [3.8, 4) is 0 Å². The molecule has 0 heterocycles. The second-order valence-electron chi connectivity index (χ2n) is 3.94. The highest BCUT2D eigenvalue weighted by Crippen LogP contribution is 2.07. The molecule has 0 aromatic heterocycles. The summed E-state index contributed by atoms with van der Waals surface area (Å²) in [6.45, 7) is 8.44. The van der Waals surface area contributed by atoms with Gasteiger partial charge in [0, 0.05) is 0 Å². The zero-order valence-corrected chi connectivity index (χ0v) is 9.04. The molecule has 3 heteroatoms. The van der Waals surface area contributed by atoms with Crippen LogP contribution in [0.4, 0.5) is 0 Å². The van der Waals surface area contributed by atoms with E-state index in [9.17, 15) is 4.79 Å². The molecule has 0 rings (SSSR count). The monoisotopic (exact) mass is 187 g/mol. The van der Waals surface area contributed by atoms with Crippen molar-refractivity contribution in [2.24, 2.45) is 17.6 Å². The number of esters is 1. The van der Waals surface area contributed by atoms with Crippen LogP contribution in [0.2, 0.25) is 0 Å². The van der Waals surface area contributed by atoms with Crippen molar-refractivity contribution in [3.63, 3.8) is 0 Å². The van der Waals surface area contributed by atoms with Gasteiger partial charge >= 0.3 is 5.97 Å². The Kier molecular flexibility index (Phi) is 5.71. The Morgan fingerprint density at radius 1 is 1.38 bits per heavy atom. The highest BCUT2D eigenvalue weighted by molar-refractivity contribution is 5.75. The fourth-order valence-corrected chi connectivity index (χ4v) is 0.831. The Morgan fingerprint density at radius 3 is 2.31 bits per heavy atom. The number of carbonyl (C=O) groups excluding carboxylic acids is 1. The van der Waals surface area contributed by atoms with Gasteiger partial charge in [-0.15, -0.1) is 0 Å². The van der Waals surface area contributed by atoms with Gasteiger partial charge in [-0.1, -0.05) is 34.1 Å². The summed E-state index contributed by atoms with van der Waals surface area (Å²) in [5.41, 5.74) is 5.68. The lowest BCUT2D eigenvalue weighted by molar-refractivity contribution is -0.147. The Labute approximate surface area is 80.6 Å². The summed E-state index contributed by atoms with van der Waals surface area (Å²) in [5, 5.41) is 0. The lowest BCUT2D eigenvalue weighted by Crippen LogP contribution is -2.38. The van der Waals surface area contributed by atoms with Crippen LogP contribution in [0, 0.1) is 11.8 Å². The molecule has 0 aliphatic carbocycles. The minimum atomic E-state index is -0.469. The fourth-order valence-electron chi connectivity index (χ4n) is 0.831. The van der Waals surface area contributed by atoms with E-state index in [1.807, 2.05) is 27.7 Å². The molecule has 0 spiro atoms. The van der Waals surface area contributed by atoms with Gasteiger partial charge in [-0.2, -0.15) is 0 Å². The van der Waals surface area contributed by atoms with Crippen LogP contribution in [0.3, 0.4) is 0 Å². The Morgan fingerprint density at radius 2 is 1.92 bits per heavy atom. The lowest BCUT2D eigenvalue weighted by Gasteiger charge is -2.17. The summed E-state index contributed by atoms with van der Waals surface area (Å²) in [5.74, 6) is 0.288. The SMILES string of the molecule is CCC(C)[C@H](N)C(=O)OCC(C)C. The predicted octanol–water partition coefficient (Wildman–Crippen LogP) is 1.56. The topological polar surface area (TPSA) is 52.3 Å². The van der Waals surface area contributed by atoms with E-state index in [1.54, 1.807) is 0 Å². The summed E-state index contributed by atoms with van der Waals surface area (Å²) >= 11 is 0. The summed E-state index contributed by atoms with van der Waals surface area (Å²) in [6, 6.07) is -0.469. The van der Waals surface area contributed by atoms with Crippen LogP contribution in [-0.2, 0) is 9.53 Å². The molecule has 78 valence electrons. The molecule has 0 aromatic rings. The van der Waals surface area contributed by atoms with E-state index in [1.165, 1.54) is 0 Å². The van der Waals surface area contributed by atoms with Gasteiger partial charge in [-0.05, 0) is 11.8 Å². The number of ether oxygens (including phenoxy) is 1. The molecule has 0 aliphatic heterocycles. The molecule has 0 bridgehead atoms. The largest absolute Gasteiger partial charge is 0.464 e. The molecule has 0 aromatic carbocycles. The van der Waals surface area contributed by atoms with Crippen LogP contribution >= 0.6 is 0 Å². The number of nitrogens with two attached hydrogens (primary N) is 1. The van der Waals surface area contributed by atoms with Crippen LogP contribution in [-0.4, -0.2) is 18.6 Å². The molecule has 0 amide bonds. The first-order chi connectivity index (χ1) is 5.99. The van der Waals surface area contributed by atoms with Crippen LogP contribution in [0.25, 0.3) is 0 Å². The average Bonchev–Trinajstić information content (AvgIpc) is 2.11. The maximum atomic E-state index is 11.3. The standard InChI is InChI=1S/C10H21NO2/c1-5-8(4)9(11)10(12)13-6-7(2)3/h7-9H,5-6,11H2,1-4H3/t8?,9-/m0/s1. The normalized spacial score (nSPS) is 15.5. The Hall–Kier alpha value is -0.570.